The molecule has 1 heterocycles. The Bertz CT molecular complexity index is 253. The molecule has 0 spiro atoms. The molecule has 0 amide bonds. The first-order valence-electron chi connectivity index (χ1n) is 3.27. The number of rotatable bonds is 2. The summed E-state index contributed by atoms with van der Waals surface area (Å²) in [6.45, 7) is 5.68. The molecule has 1 rings (SSSR count). The van der Waals surface area contributed by atoms with Gasteiger partial charge < -0.3 is 0 Å². The molecule has 0 bridgehead atoms. The topological polar surface area (TPSA) is 25.8 Å². The van der Waals surface area contributed by atoms with Gasteiger partial charge in [-0.15, -0.1) is 0 Å². The Hall–Kier alpha value is -0.700. The summed E-state index contributed by atoms with van der Waals surface area (Å²) in [6.07, 6.45) is 3.48. The van der Waals surface area contributed by atoms with Gasteiger partial charge in [-0.2, -0.15) is 0 Å². The first-order chi connectivity index (χ1) is 5.24. The van der Waals surface area contributed by atoms with E-state index in [2.05, 4.69) is 32.5 Å². The normalized spacial score (nSPS) is 9.64. The highest BCUT2D eigenvalue weighted by atomic mass is 79.9. The van der Waals surface area contributed by atoms with Crippen molar-refractivity contribution < 1.29 is 0 Å². The summed E-state index contributed by atoms with van der Waals surface area (Å²) in [7, 11) is 0. The van der Waals surface area contributed by atoms with Crippen LogP contribution in [0.25, 0.3) is 5.57 Å². The minimum absolute atomic E-state index is 0.746. The van der Waals surface area contributed by atoms with Crippen molar-refractivity contribution in [2.24, 2.45) is 0 Å². The van der Waals surface area contributed by atoms with E-state index in [1.807, 2.05) is 6.92 Å². The lowest BCUT2D eigenvalue weighted by molar-refractivity contribution is 1.08. The van der Waals surface area contributed by atoms with Gasteiger partial charge in [0.2, 0.25) is 0 Å². The largest absolute Gasteiger partial charge is 0.257 e. The maximum atomic E-state index is 4.16. The van der Waals surface area contributed by atoms with Crippen molar-refractivity contribution in [1.82, 2.24) is 9.97 Å². The first kappa shape index (κ1) is 8.40. The third kappa shape index (κ3) is 2.12. The van der Waals surface area contributed by atoms with Crippen LogP contribution in [0.1, 0.15) is 18.3 Å². The van der Waals surface area contributed by atoms with Gasteiger partial charge >= 0.3 is 0 Å². The van der Waals surface area contributed by atoms with Crippen molar-refractivity contribution in [2.75, 3.05) is 0 Å². The summed E-state index contributed by atoms with van der Waals surface area (Å²) < 4.78 is 0. The summed E-state index contributed by atoms with van der Waals surface area (Å²) in [6, 6.07) is 0. The molecule has 0 fully saturated rings. The maximum Gasteiger partial charge on any atom is 0.0836 e. The Morgan fingerprint density at radius 2 is 2.27 bits per heavy atom. The standard InChI is InChI=1S/C8H9BrN2/c1-6(2)8-5-10-7(3-9)4-11-8/h4-5H,1,3H2,2H3. The van der Waals surface area contributed by atoms with Crippen LogP contribution in [-0.2, 0) is 5.33 Å². The fourth-order valence-corrected chi connectivity index (χ4v) is 0.934. The SMILES string of the molecule is C=C(C)c1cnc(CBr)cn1. The van der Waals surface area contributed by atoms with Gasteiger partial charge in [0.1, 0.15) is 0 Å². The number of nitrogens with zero attached hydrogens (tertiary/aromatic N) is 2. The second-order valence-corrected chi connectivity index (χ2v) is 2.87. The molecule has 3 heteroatoms. The number of alkyl halides is 1. The number of allylic oxidation sites excluding steroid dienone is 1. The van der Waals surface area contributed by atoms with Crippen LogP contribution in [0, 0.1) is 0 Å². The highest BCUT2D eigenvalue weighted by Gasteiger charge is 1.95. The monoisotopic (exact) mass is 212 g/mol. The lowest BCUT2D eigenvalue weighted by Gasteiger charge is -1.97. The lowest BCUT2D eigenvalue weighted by Crippen LogP contribution is -1.90. The van der Waals surface area contributed by atoms with Crippen LogP contribution in [-0.4, -0.2) is 9.97 Å². The lowest BCUT2D eigenvalue weighted by atomic mass is 10.2. The molecular weight excluding hydrogens is 204 g/mol. The van der Waals surface area contributed by atoms with Crippen molar-refractivity contribution >= 4 is 21.5 Å². The van der Waals surface area contributed by atoms with Gasteiger partial charge in [-0.05, 0) is 12.5 Å². The molecule has 11 heavy (non-hydrogen) atoms. The number of aromatic nitrogens is 2. The highest BCUT2D eigenvalue weighted by Crippen LogP contribution is 2.07. The molecule has 58 valence electrons. The van der Waals surface area contributed by atoms with E-state index >= 15 is 0 Å². The fraction of sp³-hybridized carbons (Fsp3) is 0.250. The second-order valence-electron chi connectivity index (χ2n) is 2.31. The minimum Gasteiger partial charge on any atom is -0.257 e. The van der Waals surface area contributed by atoms with Crippen molar-refractivity contribution in [3.8, 4) is 0 Å². The van der Waals surface area contributed by atoms with E-state index in [0.717, 1.165) is 22.3 Å². The van der Waals surface area contributed by atoms with Crippen LogP contribution >= 0.6 is 15.9 Å². The van der Waals surface area contributed by atoms with Gasteiger partial charge in [0.05, 0.1) is 17.6 Å². The second kappa shape index (κ2) is 3.62. The van der Waals surface area contributed by atoms with E-state index in [1.54, 1.807) is 12.4 Å². The molecule has 0 aliphatic heterocycles. The van der Waals surface area contributed by atoms with E-state index in [9.17, 15) is 0 Å². The average Bonchev–Trinajstić information content (AvgIpc) is 2.05. The molecule has 1 aromatic heterocycles. The van der Waals surface area contributed by atoms with E-state index in [0.29, 0.717) is 0 Å². The van der Waals surface area contributed by atoms with Crippen LogP contribution in [0.2, 0.25) is 0 Å². The molecule has 0 atom stereocenters. The van der Waals surface area contributed by atoms with Crippen LogP contribution in [0.15, 0.2) is 19.0 Å². The van der Waals surface area contributed by atoms with Gasteiger partial charge in [0.15, 0.2) is 0 Å². The summed E-state index contributed by atoms with van der Waals surface area (Å²) in [5.74, 6) is 0. The minimum atomic E-state index is 0.746. The van der Waals surface area contributed by atoms with Crippen molar-refractivity contribution in [2.45, 2.75) is 12.3 Å². The molecule has 0 saturated heterocycles. The summed E-state index contributed by atoms with van der Waals surface area (Å²) in [5, 5.41) is 0.746. The van der Waals surface area contributed by atoms with Crippen molar-refractivity contribution in [1.29, 1.82) is 0 Å². The molecule has 0 radical (unpaired) electrons. The molecule has 0 aliphatic rings. The van der Waals surface area contributed by atoms with Crippen LogP contribution in [0.4, 0.5) is 0 Å². The van der Waals surface area contributed by atoms with Gasteiger partial charge in [-0.3, -0.25) is 9.97 Å². The van der Waals surface area contributed by atoms with Crippen LogP contribution < -0.4 is 0 Å². The van der Waals surface area contributed by atoms with Crippen molar-refractivity contribution in [3.05, 3.63) is 30.4 Å². The van der Waals surface area contributed by atoms with E-state index < -0.39 is 0 Å². The molecule has 0 unspecified atom stereocenters. The number of hydrogen-bond acceptors (Lipinski definition) is 2. The van der Waals surface area contributed by atoms with Gasteiger partial charge in [0.25, 0.3) is 0 Å². The smallest absolute Gasteiger partial charge is 0.0836 e. The quantitative estimate of drug-likeness (QED) is 0.705. The number of hydrogen-bond donors (Lipinski definition) is 0. The zero-order chi connectivity index (χ0) is 8.27. The Morgan fingerprint density at radius 3 is 2.64 bits per heavy atom. The summed E-state index contributed by atoms with van der Waals surface area (Å²) in [5.41, 5.74) is 2.74. The fourth-order valence-electron chi connectivity index (χ4n) is 0.644. The van der Waals surface area contributed by atoms with E-state index in [4.69, 9.17) is 0 Å². The third-order valence-corrected chi connectivity index (χ3v) is 1.85. The molecule has 0 N–H and O–H groups in total. The Morgan fingerprint density at radius 1 is 1.55 bits per heavy atom. The third-order valence-electron chi connectivity index (χ3n) is 1.28. The Balaban J connectivity index is 2.91. The van der Waals surface area contributed by atoms with Crippen molar-refractivity contribution in [3.63, 3.8) is 0 Å². The summed E-state index contributed by atoms with van der Waals surface area (Å²) in [4.78, 5) is 8.31. The zero-order valence-corrected chi connectivity index (χ0v) is 7.93. The highest BCUT2D eigenvalue weighted by molar-refractivity contribution is 9.08. The van der Waals surface area contributed by atoms with Gasteiger partial charge in [-0.1, -0.05) is 22.5 Å². The zero-order valence-electron chi connectivity index (χ0n) is 6.34. The maximum absolute atomic E-state index is 4.16. The molecule has 0 aromatic carbocycles. The van der Waals surface area contributed by atoms with E-state index in [1.165, 1.54) is 0 Å². The van der Waals surface area contributed by atoms with Gasteiger partial charge in [0, 0.05) is 11.5 Å². The number of halogens is 1. The molecule has 0 aliphatic carbocycles. The van der Waals surface area contributed by atoms with Crippen LogP contribution in [0.3, 0.4) is 0 Å². The Kier molecular flexibility index (Phi) is 2.76. The van der Waals surface area contributed by atoms with Gasteiger partial charge in [-0.25, -0.2) is 0 Å². The van der Waals surface area contributed by atoms with Crippen LogP contribution in [0.5, 0.6) is 0 Å². The molecule has 2 nitrogen and oxygen atoms in total. The Labute approximate surface area is 74.5 Å². The molecule has 1 aromatic rings. The average molecular weight is 213 g/mol. The summed E-state index contributed by atoms with van der Waals surface area (Å²) >= 11 is 3.29. The molecule has 0 saturated carbocycles. The molecular formula is C8H9BrN2. The first-order valence-corrected chi connectivity index (χ1v) is 4.39. The predicted octanol–water partition coefficient (Wildman–Crippen LogP) is 2.40. The van der Waals surface area contributed by atoms with E-state index in [-0.39, 0.29) is 0 Å². The predicted molar refractivity (Wildman–Crippen MR) is 49.4 cm³/mol.